The molecule has 0 aromatic carbocycles. The number of rotatable bonds is 6. The summed E-state index contributed by atoms with van der Waals surface area (Å²) >= 11 is 0. The molecular weight excluding hydrogens is 314 g/mol. The first-order valence-electron chi connectivity index (χ1n) is 9.10. The molecule has 1 saturated heterocycles. The van der Waals surface area contributed by atoms with Crippen molar-refractivity contribution < 1.29 is 9.21 Å². The molecule has 5 heteroatoms. The summed E-state index contributed by atoms with van der Waals surface area (Å²) < 4.78 is 5.42. The number of aromatic nitrogens is 1. The second-order valence-electron chi connectivity index (χ2n) is 6.79. The van der Waals surface area contributed by atoms with E-state index in [4.69, 9.17) is 4.42 Å². The van der Waals surface area contributed by atoms with E-state index in [0.717, 1.165) is 50.2 Å². The van der Waals surface area contributed by atoms with Crippen LogP contribution in [-0.2, 0) is 11.3 Å². The van der Waals surface area contributed by atoms with Crippen molar-refractivity contribution in [3.63, 3.8) is 0 Å². The van der Waals surface area contributed by atoms with Crippen molar-refractivity contribution in [2.75, 3.05) is 20.1 Å². The molecule has 25 heavy (non-hydrogen) atoms. The first kappa shape index (κ1) is 17.7. The van der Waals surface area contributed by atoms with Crippen LogP contribution in [0.1, 0.15) is 43.6 Å². The standard InChI is InChI=1S/C20H27N3O2/c1-3-19(17-6-4-10-21-14-17)22(2)20(24)16-8-11-23(12-9-16)15-18-7-5-13-25-18/h4-7,10,13-14,16,19H,3,8-9,11-12,15H2,1-2H3/t19-/m1/s1. The zero-order valence-electron chi connectivity index (χ0n) is 15.1. The molecule has 1 aliphatic heterocycles. The van der Waals surface area contributed by atoms with Gasteiger partial charge in [0.1, 0.15) is 5.76 Å². The SMILES string of the molecule is CC[C@H](c1cccnc1)N(C)C(=O)C1CCN(Cc2ccco2)CC1. The normalized spacial score (nSPS) is 17.4. The van der Waals surface area contributed by atoms with E-state index >= 15 is 0 Å². The highest BCUT2D eigenvalue weighted by Crippen LogP contribution is 2.27. The summed E-state index contributed by atoms with van der Waals surface area (Å²) in [6.45, 7) is 4.83. The van der Waals surface area contributed by atoms with Crippen molar-refractivity contribution >= 4 is 5.91 Å². The fourth-order valence-corrected chi connectivity index (χ4v) is 3.71. The second kappa shape index (κ2) is 8.30. The molecule has 2 aromatic heterocycles. The molecule has 1 fully saturated rings. The summed E-state index contributed by atoms with van der Waals surface area (Å²) in [7, 11) is 1.93. The first-order chi connectivity index (χ1) is 12.2. The van der Waals surface area contributed by atoms with Crippen LogP contribution < -0.4 is 0 Å². The van der Waals surface area contributed by atoms with E-state index < -0.39 is 0 Å². The van der Waals surface area contributed by atoms with Crippen molar-refractivity contribution in [1.29, 1.82) is 0 Å². The third kappa shape index (κ3) is 4.28. The Hall–Kier alpha value is -2.14. The summed E-state index contributed by atoms with van der Waals surface area (Å²) in [5.74, 6) is 1.36. The molecule has 3 rings (SSSR count). The largest absolute Gasteiger partial charge is 0.468 e. The zero-order chi connectivity index (χ0) is 17.6. The quantitative estimate of drug-likeness (QED) is 0.807. The molecule has 3 heterocycles. The van der Waals surface area contributed by atoms with Crippen molar-refractivity contribution in [2.45, 2.75) is 38.8 Å². The lowest BCUT2D eigenvalue weighted by Gasteiger charge is -2.35. The molecule has 0 aliphatic carbocycles. The fraction of sp³-hybridized carbons (Fsp3) is 0.500. The van der Waals surface area contributed by atoms with Crippen molar-refractivity contribution in [3.8, 4) is 0 Å². The van der Waals surface area contributed by atoms with E-state index in [1.54, 1.807) is 12.5 Å². The summed E-state index contributed by atoms with van der Waals surface area (Å²) in [6.07, 6.45) is 8.06. The van der Waals surface area contributed by atoms with Gasteiger partial charge in [-0.3, -0.25) is 14.7 Å². The minimum Gasteiger partial charge on any atom is -0.468 e. The van der Waals surface area contributed by atoms with Gasteiger partial charge in [0.25, 0.3) is 0 Å². The van der Waals surface area contributed by atoms with Gasteiger partial charge in [0.15, 0.2) is 0 Å². The highest BCUT2D eigenvalue weighted by Gasteiger charge is 2.30. The van der Waals surface area contributed by atoms with Crippen LogP contribution >= 0.6 is 0 Å². The molecule has 0 unspecified atom stereocenters. The molecule has 1 amide bonds. The van der Waals surface area contributed by atoms with E-state index in [2.05, 4.69) is 22.9 Å². The molecule has 1 aliphatic rings. The Morgan fingerprint density at radius 3 is 2.76 bits per heavy atom. The lowest BCUT2D eigenvalue weighted by atomic mass is 9.93. The summed E-state index contributed by atoms with van der Waals surface area (Å²) in [5, 5.41) is 0. The number of hydrogen-bond acceptors (Lipinski definition) is 4. The van der Waals surface area contributed by atoms with Gasteiger partial charge >= 0.3 is 0 Å². The Balaban J connectivity index is 1.56. The lowest BCUT2D eigenvalue weighted by molar-refractivity contribution is -0.138. The van der Waals surface area contributed by atoms with Gasteiger partial charge in [0, 0.05) is 25.4 Å². The van der Waals surface area contributed by atoms with Crippen LogP contribution in [0.25, 0.3) is 0 Å². The van der Waals surface area contributed by atoms with Gasteiger partial charge in [-0.25, -0.2) is 0 Å². The Morgan fingerprint density at radius 1 is 1.36 bits per heavy atom. The van der Waals surface area contributed by atoms with E-state index in [1.165, 1.54) is 0 Å². The molecule has 2 aromatic rings. The number of furan rings is 1. The molecule has 0 bridgehead atoms. The van der Waals surface area contributed by atoms with Crippen LogP contribution in [-0.4, -0.2) is 40.8 Å². The van der Waals surface area contributed by atoms with Gasteiger partial charge in [-0.2, -0.15) is 0 Å². The molecular formula is C20H27N3O2. The van der Waals surface area contributed by atoms with Crippen LogP contribution in [0.15, 0.2) is 47.3 Å². The van der Waals surface area contributed by atoms with Crippen LogP contribution in [0.3, 0.4) is 0 Å². The third-order valence-corrected chi connectivity index (χ3v) is 5.17. The maximum atomic E-state index is 13.0. The van der Waals surface area contributed by atoms with Gasteiger partial charge in [-0.1, -0.05) is 13.0 Å². The minimum atomic E-state index is 0.0994. The monoisotopic (exact) mass is 341 g/mol. The highest BCUT2D eigenvalue weighted by molar-refractivity contribution is 5.79. The zero-order valence-corrected chi connectivity index (χ0v) is 15.1. The van der Waals surface area contributed by atoms with Gasteiger partial charge in [0.05, 0.1) is 18.8 Å². The number of amides is 1. The number of pyridine rings is 1. The maximum absolute atomic E-state index is 13.0. The highest BCUT2D eigenvalue weighted by atomic mass is 16.3. The second-order valence-corrected chi connectivity index (χ2v) is 6.79. The number of carbonyl (C=O) groups excluding carboxylic acids is 1. The Kier molecular flexibility index (Phi) is 5.87. The van der Waals surface area contributed by atoms with E-state index in [1.807, 2.05) is 36.3 Å². The summed E-state index contributed by atoms with van der Waals surface area (Å²) in [4.78, 5) is 21.4. The van der Waals surface area contributed by atoms with Crippen LogP contribution in [0.2, 0.25) is 0 Å². The van der Waals surface area contributed by atoms with Gasteiger partial charge < -0.3 is 9.32 Å². The molecule has 1 atom stereocenters. The third-order valence-electron chi connectivity index (χ3n) is 5.17. The van der Waals surface area contributed by atoms with Gasteiger partial charge in [0.2, 0.25) is 5.91 Å². The van der Waals surface area contributed by atoms with Gasteiger partial charge in [-0.15, -0.1) is 0 Å². The van der Waals surface area contributed by atoms with Gasteiger partial charge in [-0.05, 0) is 56.1 Å². The van der Waals surface area contributed by atoms with Crippen LogP contribution in [0.5, 0.6) is 0 Å². The fourth-order valence-electron chi connectivity index (χ4n) is 3.71. The molecule has 0 radical (unpaired) electrons. The van der Waals surface area contributed by atoms with Crippen LogP contribution in [0.4, 0.5) is 0 Å². The molecule has 134 valence electrons. The maximum Gasteiger partial charge on any atom is 0.226 e. The number of carbonyl (C=O) groups is 1. The molecule has 0 saturated carbocycles. The van der Waals surface area contributed by atoms with Crippen molar-refractivity contribution in [2.24, 2.45) is 5.92 Å². The number of hydrogen-bond donors (Lipinski definition) is 0. The number of piperidine rings is 1. The minimum absolute atomic E-state index is 0.0994. The number of likely N-dealkylation sites (tertiary alicyclic amines) is 1. The van der Waals surface area contributed by atoms with Crippen LogP contribution in [0, 0.1) is 5.92 Å². The summed E-state index contributed by atoms with van der Waals surface area (Å²) in [5.41, 5.74) is 1.11. The predicted molar refractivity (Wildman–Crippen MR) is 96.7 cm³/mol. The average molecular weight is 341 g/mol. The van der Waals surface area contributed by atoms with Crippen molar-refractivity contribution in [3.05, 3.63) is 54.2 Å². The smallest absolute Gasteiger partial charge is 0.226 e. The molecule has 5 nitrogen and oxygen atoms in total. The Morgan fingerprint density at radius 2 is 2.16 bits per heavy atom. The van der Waals surface area contributed by atoms with E-state index in [9.17, 15) is 4.79 Å². The lowest BCUT2D eigenvalue weighted by Crippen LogP contribution is -2.42. The molecule has 0 N–H and O–H groups in total. The average Bonchev–Trinajstić information content (AvgIpc) is 3.16. The Bertz CT molecular complexity index is 649. The number of nitrogens with zero attached hydrogens (tertiary/aromatic N) is 3. The topological polar surface area (TPSA) is 49.6 Å². The summed E-state index contributed by atoms with van der Waals surface area (Å²) in [6, 6.07) is 8.01. The van der Waals surface area contributed by atoms with E-state index in [-0.39, 0.29) is 17.9 Å². The predicted octanol–water partition coefficient (Wildman–Crippen LogP) is 3.50. The van der Waals surface area contributed by atoms with Crippen molar-refractivity contribution in [1.82, 2.24) is 14.8 Å². The molecule has 0 spiro atoms. The first-order valence-corrected chi connectivity index (χ1v) is 9.10. The van der Waals surface area contributed by atoms with E-state index in [0.29, 0.717) is 0 Å². The Labute approximate surface area is 149 Å².